The van der Waals surface area contributed by atoms with Crippen LogP contribution >= 0.6 is 24.0 Å². The van der Waals surface area contributed by atoms with Gasteiger partial charge in [-0.2, -0.15) is 0 Å². The van der Waals surface area contributed by atoms with E-state index in [9.17, 15) is 19.7 Å². The van der Waals surface area contributed by atoms with E-state index in [-0.39, 0.29) is 33.0 Å². The third-order valence-electron chi connectivity index (χ3n) is 3.17. The molecule has 0 radical (unpaired) electrons. The minimum absolute atomic E-state index is 0.0450. The standard InChI is InChI=1S/C13H8N2O7S2/c16-11(17)4-14-12(18)10(24-13(14)23)2-6-1-8-9(22-5-21-8)3-7(6)15(19)20/h1-3H,4-5H2,(H,16,17). The van der Waals surface area contributed by atoms with Gasteiger partial charge >= 0.3 is 5.97 Å². The van der Waals surface area contributed by atoms with Crippen molar-refractivity contribution in [2.45, 2.75) is 0 Å². The number of nitro benzene ring substituents is 1. The third kappa shape index (κ3) is 2.90. The van der Waals surface area contributed by atoms with E-state index < -0.39 is 23.3 Å². The smallest absolute Gasteiger partial charge is 0.323 e. The van der Waals surface area contributed by atoms with Crippen molar-refractivity contribution in [3.8, 4) is 11.5 Å². The number of amides is 1. The van der Waals surface area contributed by atoms with Gasteiger partial charge in [0.25, 0.3) is 11.6 Å². The Morgan fingerprint density at radius 1 is 1.46 bits per heavy atom. The van der Waals surface area contributed by atoms with Gasteiger partial charge < -0.3 is 14.6 Å². The normalized spacial score (nSPS) is 17.7. The molecule has 0 unspecified atom stereocenters. The number of hydrogen-bond acceptors (Lipinski definition) is 8. The summed E-state index contributed by atoms with van der Waals surface area (Å²) in [7, 11) is 0. The Kier molecular flexibility index (Phi) is 4.11. The van der Waals surface area contributed by atoms with Crippen molar-refractivity contribution in [3.63, 3.8) is 0 Å². The largest absolute Gasteiger partial charge is 0.480 e. The Balaban J connectivity index is 2.00. The number of hydrogen-bond donors (Lipinski definition) is 1. The summed E-state index contributed by atoms with van der Waals surface area (Å²) in [5.41, 5.74) is -0.122. The van der Waals surface area contributed by atoms with Crippen LogP contribution in [0.2, 0.25) is 0 Å². The lowest BCUT2D eigenvalue weighted by Gasteiger charge is -2.10. The van der Waals surface area contributed by atoms with Gasteiger partial charge in [-0.25, -0.2) is 0 Å². The molecule has 1 saturated heterocycles. The summed E-state index contributed by atoms with van der Waals surface area (Å²) in [4.78, 5) is 34.7. The van der Waals surface area contributed by atoms with E-state index in [1.54, 1.807) is 0 Å². The molecule has 0 aliphatic carbocycles. The van der Waals surface area contributed by atoms with Crippen molar-refractivity contribution >= 4 is 51.9 Å². The zero-order valence-corrected chi connectivity index (χ0v) is 13.4. The van der Waals surface area contributed by atoms with Crippen molar-refractivity contribution < 1.29 is 29.1 Å². The van der Waals surface area contributed by atoms with Crippen molar-refractivity contribution in [2.75, 3.05) is 13.3 Å². The van der Waals surface area contributed by atoms with Crippen molar-refractivity contribution in [1.29, 1.82) is 0 Å². The number of rotatable bonds is 4. The molecule has 3 rings (SSSR count). The molecule has 124 valence electrons. The first-order valence-electron chi connectivity index (χ1n) is 6.42. The van der Waals surface area contributed by atoms with Crippen LogP contribution in [-0.2, 0) is 9.59 Å². The second-order valence-electron chi connectivity index (χ2n) is 4.68. The Bertz CT molecular complexity index is 821. The molecule has 2 aliphatic rings. The van der Waals surface area contributed by atoms with Gasteiger partial charge in [-0.3, -0.25) is 24.6 Å². The predicted molar refractivity (Wildman–Crippen MR) is 86.7 cm³/mol. The average molecular weight is 368 g/mol. The fraction of sp³-hybridized carbons (Fsp3) is 0.154. The number of thiocarbonyl (C=S) groups is 1. The number of thioether (sulfide) groups is 1. The molecule has 2 aliphatic heterocycles. The molecule has 1 N–H and O–H groups in total. The Morgan fingerprint density at radius 3 is 2.75 bits per heavy atom. The SMILES string of the molecule is O=C(O)CN1C(=O)C(=Cc2cc3c(cc2[N+](=O)[O-])OCO3)SC1=S. The van der Waals surface area contributed by atoms with Crippen LogP contribution in [0.1, 0.15) is 5.56 Å². The lowest BCUT2D eigenvalue weighted by molar-refractivity contribution is -0.385. The van der Waals surface area contributed by atoms with Crippen molar-refractivity contribution in [1.82, 2.24) is 4.90 Å². The quantitative estimate of drug-likeness (QED) is 0.366. The molecule has 11 heteroatoms. The Morgan fingerprint density at radius 2 is 2.12 bits per heavy atom. The zero-order valence-electron chi connectivity index (χ0n) is 11.8. The molecule has 2 heterocycles. The molecule has 0 saturated carbocycles. The number of ether oxygens (including phenoxy) is 2. The van der Waals surface area contributed by atoms with Crippen LogP contribution in [0, 0.1) is 10.1 Å². The molecule has 24 heavy (non-hydrogen) atoms. The lowest BCUT2D eigenvalue weighted by Crippen LogP contribution is -2.33. The predicted octanol–water partition coefficient (Wildman–Crippen LogP) is 1.61. The van der Waals surface area contributed by atoms with Crippen LogP contribution < -0.4 is 9.47 Å². The number of carbonyl (C=O) groups is 2. The van der Waals surface area contributed by atoms with Crippen molar-refractivity contribution in [3.05, 3.63) is 32.7 Å². The van der Waals surface area contributed by atoms with E-state index in [0.717, 1.165) is 16.7 Å². The van der Waals surface area contributed by atoms with E-state index >= 15 is 0 Å². The number of fused-ring (bicyclic) bond motifs is 1. The van der Waals surface area contributed by atoms with Crippen LogP contribution in [0.4, 0.5) is 5.69 Å². The minimum Gasteiger partial charge on any atom is -0.480 e. The van der Waals surface area contributed by atoms with E-state index in [1.807, 2.05) is 0 Å². The first-order chi connectivity index (χ1) is 11.4. The monoisotopic (exact) mass is 368 g/mol. The molecule has 0 spiro atoms. The summed E-state index contributed by atoms with van der Waals surface area (Å²) in [5.74, 6) is -1.24. The fourth-order valence-electron chi connectivity index (χ4n) is 2.13. The van der Waals surface area contributed by atoms with E-state index in [2.05, 4.69) is 0 Å². The molecule has 0 aromatic heterocycles. The van der Waals surface area contributed by atoms with Gasteiger partial charge in [0.2, 0.25) is 6.79 Å². The van der Waals surface area contributed by atoms with Crippen LogP contribution in [-0.4, -0.2) is 44.5 Å². The third-order valence-corrected chi connectivity index (χ3v) is 4.55. The van der Waals surface area contributed by atoms with E-state index in [1.165, 1.54) is 18.2 Å². The van der Waals surface area contributed by atoms with Gasteiger partial charge in [0, 0.05) is 0 Å². The van der Waals surface area contributed by atoms with Gasteiger partial charge in [0.05, 0.1) is 21.5 Å². The summed E-state index contributed by atoms with van der Waals surface area (Å²) in [6, 6.07) is 2.61. The highest BCUT2D eigenvalue weighted by Gasteiger charge is 2.34. The Hall–Kier alpha value is -2.66. The number of nitro groups is 1. The summed E-state index contributed by atoms with van der Waals surface area (Å²) < 4.78 is 10.4. The number of carbonyl (C=O) groups excluding carboxylic acids is 1. The van der Waals surface area contributed by atoms with Crippen LogP contribution in [0.15, 0.2) is 17.0 Å². The highest BCUT2D eigenvalue weighted by molar-refractivity contribution is 8.26. The van der Waals surface area contributed by atoms with Gasteiger partial charge in [-0.05, 0) is 12.1 Å². The van der Waals surface area contributed by atoms with Crippen LogP contribution in [0.3, 0.4) is 0 Å². The van der Waals surface area contributed by atoms with Crippen molar-refractivity contribution in [2.24, 2.45) is 0 Å². The molecule has 0 bridgehead atoms. The van der Waals surface area contributed by atoms with E-state index in [0.29, 0.717) is 5.75 Å². The number of aliphatic carboxylic acids is 1. The Labute approximate surface area is 144 Å². The highest BCUT2D eigenvalue weighted by Crippen LogP contribution is 2.40. The molecule has 1 fully saturated rings. The van der Waals surface area contributed by atoms with Crippen LogP contribution in [0.5, 0.6) is 11.5 Å². The molecule has 9 nitrogen and oxygen atoms in total. The van der Waals surface area contributed by atoms with Crippen LogP contribution in [0.25, 0.3) is 6.08 Å². The fourth-order valence-corrected chi connectivity index (χ4v) is 3.38. The summed E-state index contributed by atoms with van der Waals surface area (Å²) >= 11 is 5.86. The summed E-state index contributed by atoms with van der Waals surface area (Å²) in [6.07, 6.45) is 1.29. The molecule has 1 aromatic carbocycles. The number of nitrogens with zero attached hydrogens (tertiary/aromatic N) is 2. The summed E-state index contributed by atoms with van der Waals surface area (Å²) in [6.45, 7) is -0.609. The lowest BCUT2D eigenvalue weighted by atomic mass is 10.1. The molecular weight excluding hydrogens is 360 g/mol. The summed E-state index contributed by atoms with van der Waals surface area (Å²) in [5, 5.41) is 20.0. The first-order valence-corrected chi connectivity index (χ1v) is 7.64. The maximum atomic E-state index is 12.2. The number of benzene rings is 1. The first kappa shape index (κ1) is 16.2. The van der Waals surface area contributed by atoms with E-state index in [4.69, 9.17) is 26.8 Å². The topological polar surface area (TPSA) is 119 Å². The van der Waals surface area contributed by atoms with Gasteiger partial charge in [-0.1, -0.05) is 24.0 Å². The molecule has 1 amide bonds. The highest BCUT2D eigenvalue weighted by atomic mass is 32.2. The number of carboxylic acid groups (broad SMARTS) is 1. The zero-order chi connectivity index (χ0) is 17.4. The van der Waals surface area contributed by atoms with Gasteiger partial charge in [0.15, 0.2) is 11.5 Å². The number of carboxylic acids is 1. The van der Waals surface area contributed by atoms with Gasteiger partial charge in [-0.15, -0.1) is 0 Å². The average Bonchev–Trinajstić information content (AvgIpc) is 3.06. The molecule has 0 atom stereocenters. The maximum Gasteiger partial charge on any atom is 0.323 e. The maximum absolute atomic E-state index is 12.2. The second-order valence-corrected chi connectivity index (χ2v) is 6.36. The van der Waals surface area contributed by atoms with Gasteiger partial charge in [0.1, 0.15) is 10.9 Å². The molecule has 1 aromatic rings. The molecular formula is C13H8N2O7S2. The minimum atomic E-state index is -1.21. The second kappa shape index (κ2) is 6.09.